The Bertz CT molecular complexity index is 1710. The summed E-state index contributed by atoms with van der Waals surface area (Å²) in [7, 11) is 1.71. The third kappa shape index (κ3) is 7.66. The highest BCUT2D eigenvalue weighted by molar-refractivity contribution is 6.20. The van der Waals surface area contributed by atoms with Crippen molar-refractivity contribution in [3.05, 3.63) is 94.5 Å². The number of ether oxygens (including phenoxy) is 1. The first kappa shape index (κ1) is 35.6. The van der Waals surface area contributed by atoms with Crippen LogP contribution in [0.15, 0.2) is 77.7 Å². The van der Waals surface area contributed by atoms with Gasteiger partial charge < -0.3 is 24.4 Å². The van der Waals surface area contributed by atoms with Gasteiger partial charge in [0.25, 0.3) is 5.56 Å². The zero-order valence-corrected chi connectivity index (χ0v) is 27.7. The van der Waals surface area contributed by atoms with Crippen LogP contribution in [0.3, 0.4) is 0 Å². The first-order valence-corrected chi connectivity index (χ1v) is 14.8. The van der Waals surface area contributed by atoms with Crippen molar-refractivity contribution < 1.29 is 14.3 Å². The molecule has 2 amide bonds. The summed E-state index contributed by atoms with van der Waals surface area (Å²) < 4.78 is 7.82. The van der Waals surface area contributed by atoms with E-state index in [-0.39, 0.29) is 42.2 Å². The molecule has 0 atom stereocenters. The van der Waals surface area contributed by atoms with Gasteiger partial charge in [0, 0.05) is 57.1 Å². The predicted molar refractivity (Wildman–Crippen MR) is 184 cm³/mol. The van der Waals surface area contributed by atoms with E-state index in [1.54, 1.807) is 36.8 Å². The SMILES string of the molecule is CCN1C(=O)C(C)(C)C(=O)N(C)c2cc(OCCCNCc3ccnc(CCn4c(=O)ccc5ccccc54)c3)ccc21.Cl.Cl. The molecule has 240 valence electrons. The average molecular weight is 655 g/mol. The second kappa shape index (κ2) is 15.4. The zero-order valence-electron chi connectivity index (χ0n) is 26.1. The molecule has 0 aliphatic carbocycles. The van der Waals surface area contributed by atoms with Gasteiger partial charge in [0.15, 0.2) is 0 Å². The van der Waals surface area contributed by atoms with Crippen molar-refractivity contribution in [1.82, 2.24) is 14.9 Å². The van der Waals surface area contributed by atoms with Gasteiger partial charge in [0.2, 0.25) is 11.8 Å². The van der Waals surface area contributed by atoms with Crippen LogP contribution < -0.4 is 25.4 Å². The molecule has 1 aliphatic rings. The summed E-state index contributed by atoms with van der Waals surface area (Å²) in [5, 5.41) is 4.51. The second-order valence-corrected chi connectivity index (χ2v) is 11.4. The Labute approximate surface area is 276 Å². The number of halogens is 2. The van der Waals surface area contributed by atoms with Gasteiger partial charge in [-0.2, -0.15) is 0 Å². The number of aryl methyl sites for hydroxylation is 2. The van der Waals surface area contributed by atoms with E-state index in [9.17, 15) is 14.4 Å². The lowest BCUT2D eigenvalue weighted by molar-refractivity contribution is -0.137. The monoisotopic (exact) mass is 653 g/mol. The molecule has 0 fully saturated rings. The van der Waals surface area contributed by atoms with Crippen LogP contribution in [0, 0.1) is 5.41 Å². The van der Waals surface area contributed by atoms with E-state index in [1.807, 2.05) is 72.3 Å². The van der Waals surface area contributed by atoms with Gasteiger partial charge >= 0.3 is 0 Å². The van der Waals surface area contributed by atoms with E-state index in [2.05, 4.69) is 16.4 Å². The molecule has 5 rings (SSSR count). The van der Waals surface area contributed by atoms with Crippen molar-refractivity contribution in [3.63, 3.8) is 0 Å². The van der Waals surface area contributed by atoms with Crippen molar-refractivity contribution in [2.24, 2.45) is 5.41 Å². The van der Waals surface area contributed by atoms with E-state index in [1.165, 1.54) is 0 Å². The molecular formula is C34H41Cl2N5O4. The van der Waals surface area contributed by atoms with Crippen LogP contribution in [0.4, 0.5) is 11.4 Å². The number of rotatable bonds is 11. The molecule has 0 saturated carbocycles. The van der Waals surface area contributed by atoms with Crippen molar-refractivity contribution in [3.8, 4) is 5.75 Å². The third-order valence-corrected chi connectivity index (χ3v) is 8.00. The van der Waals surface area contributed by atoms with Crippen LogP contribution in [0.2, 0.25) is 0 Å². The Kier molecular flexibility index (Phi) is 12.2. The minimum atomic E-state index is -1.14. The molecule has 0 bridgehead atoms. The molecular weight excluding hydrogens is 613 g/mol. The molecule has 0 saturated heterocycles. The number of amides is 2. The van der Waals surface area contributed by atoms with Crippen molar-refractivity contribution in [2.45, 2.75) is 46.7 Å². The molecule has 9 nitrogen and oxygen atoms in total. The maximum Gasteiger partial charge on any atom is 0.251 e. The minimum absolute atomic E-state index is 0. The molecule has 11 heteroatoms. The summed E-state index contributed by atoms with van der Waals surface area (Å²) in [6.45, 7) is 8.28. The number of aromatic nitrogens is 2. The smallest absolute Gasteiger partial charge is 0.251 e. The number of pyridine rings is 2. The molecule has 4 aromatic rings. The predicted octanol–water partition coefficient (Wildman–Crippen LogP) is 5.40. The number of hydrogen-bond donors (Lipinski definition) is 1. The van der Waals surface area contributed by atoms with Gasteiger partial charge in [-0.3, -0.25) is 19.4 Å². The molecule has 0 radical (unpaired) electrons. The largest absolute Gasteiger partial charge is 0.493 e. The molecule has 3 heterocycles. The quantitative estimate of drug-likeness (QED) is 0.172. The van der Waals surface area contributed by atoms with Crippen molar-refractivity contribution in [1.29, 1.82) is 0 Å². The lowest BCUT2D eigenvalue weighted by Crippen LogP contribution is -2.47. The first-order valence-electron chi connectivity index (χ1n) is 14.8. The fourth-order valence-electron chi connectivity index (χ4n) is 5.57. The summed E-state index contributed by atoms with van der Waals surface area (Å²) in [4.78, 5) is 46.4. The number of para-hydroxylation sites is 1. The molecule has 0 unspecified atom stereocenters. The summed E-state index contributed by atoms with van der Waals surface area (Å²) in [6.07, 6.45) is 3.27. The highest BCUT2D eigenvalue weighted by Crippen LogP contribution is 2.40. The van der Waals surface area contributed by atoms with E-state index >= 15 is 0 Å². The van der Waals surface area contributed by atoms with Crippen LogP contribution in [0.1, 0.15) is 38.4 Å². The number of benzene rings is 2. The van der Waals surface area contributed by atoms with E-state index < -0.39 is 5.41 Å². The van der Waals surface area contributed by atoms with Crippen molar-refractivity contribution >= 4 is 58.9 Å². The van der Waals surface area contributed by atoms with Crippen LogP contribution in [0.5, 0.6) is 5.75 Å². The van der Waals surface area contributed by atoms with Gasteiger partial charge in [0.1, 0.15) is 11.2 Å². The molecule has 45 heavy (non-hydrogen) atoms. The maximum atomic E-state index is 13.1. The lowest BCUT2D eigenvalue weighted by Gasteiger charge is -2.27. The van der Waals surface area contributed by atoms with Gasteiger partial charge in [-0.05, 0) is 81.1 Å². The van der Waals surface area contributed by atoms with Gasteiger partial charge in [-0.25, -0.2) is 0 Å². The summed E-state index contributed by atoms with van der Waals surface area (Å²) in [6, 6.07) is 21.0. The van der Waals surface area contributed by atoms with Gasteiger partial charge in [-0.1, -0.05) is 18.2 Å². The number of carbonyl (C=O) groups excluding carboxylic acids is 2. The Hall–Kier alpha value is -3.92. The molecule has 2 aromatic carbocycles. The number of anilines is 2. The number of hydrogen-bond acceptors (Lipinski definition) is 6. The van der Waals surface area contributed by atoms with Crippen molar-refractivity contribution in [2.75, 3.05) is 36.5 Å². The van der Waals surface area contributed by atoms with E-state index in [0.29, 0.717) is 49.8 Å². The second-order valence-electron chi connectivity index (χ2n) is 11.4. The van der Waals surface area contributed by atoms with Crippen LogP contribution in [-0.2, 0) is 29.1 Å². The first-order chi connectivity index (χ1) is 20.7. The summed E-state index contributed by atoms with van der Waals surface area (Å²) >= 11 is 0. The highest BCUT2D eigenvalue weighted by Gasteiger charge is 2.45. The van der Waals surface area contributed by atoms with Gasteiger partial charge in [-0.15, -0.1) is 24.8 Å². The Morgan fingerprint density at radius 1 is 0.911 bits per heavy atom. The maximum absolute atomic E-state index is 13.1. The summed E-state index contributed by atoms with van der Waals surface area (Å²) in [5.41, 5.74) is 3.25. The fourth-order valence-corrected chi connectivity index (χ4v) is 5.57. The lowest BCUT2D eigenvalue weighted by atomic mass is 9.90. The molecule has 2 aromatic heterocycles. The Morgan fingerprint density at radius 2 is 1.69 bits per heavy atom. The number of nitrogens with zero attached hydrogens (tertiary/aromatic N) is 4. The zero-order chi connectivity index (χ0) is 30.6. The Morgan fingerprint density at radius 3 is 2.47 bits per heavy atom. The fraction of sp³-hybridized carbons (Fsp3) is 0.353. The van der Waals surface area contributed by atoms with Gasteiger partial charge in [0.05, 0.1) is 23.5 Å². The van der Waals surface area contributed by atoms with Crippen LogP contribution in [-0.4, -0.2) is 48.1 Å². The summed E-state index contributed by atoms with van der Waals surface area (Å²) in [5.74, 6) is 0.218. The Balaban J connectivity index is 0.00000276. The average Bonchev–Trinajstić information content (AvgIpc) is 3.06. The normalized spacial score (nSPS) is 14.0. The standard InChI is InChI=1S/C34H39N5O4.2ClH/c1-5-38-29-13-12-27(22-30(29)37(4)32(41)34(2,3)33(38)42)43-20-8-17-35-23-24-15-18-36-26(21-24)16-19-39-28-10-7-6-9-25(28)11-14-31(39)40;;/h6-7,9-15,18,21-22,35H,5,8,16-17,19-20,23H2,1-4H3;2*1H. The van der Waals surface area contributed by atoms with E-state index in [0.717, 1.165) is 35.1 Å². The molecule has 1 N–H and O–H groups in total. The number of nitrogens with one attached hydrogen (secondary N) is 1. The van der Waals surface area contributed by atoms with Crippen LogP contribution >= 0.6 is 24.8 Å². The number of carbonyl (C=O) groups is 2. The third-order valence-electron chi connectivity index (χ3n) is 8.00. The number of fused-ring (bicyclic) bond motifs is 2. The van der Waals surface area contributed by atoms with E-state index in [4.69, 9.17) is 4.74 Å². The highest BCUT2D eigenvalue weighted by atomic mass is 35.5. The molecule has 0 spiro atoms. The minimum Gasteiger partial charge on any atom is -0.493 e. The topological polar surface area (TPSA) is 96.8 Å². The van der Waals surface area contributed by atoms with Crippen LogP contribution in [0.25, 0.3) is 10.9 Å². The molecule has 1 aliphatic heterocycles.